The third kappa shape index (κ3) is 5.31. The van der Waals surface area contributed by atoms with Crippen molar-refractivity contribution in [3.8, 4) is 0 Å². The topological polar surface area (TPSA) is 44.9 Å². The smallest absolute Gasteiger partial charge is 0.191 e. The van der Waals surface area contributed by atoms with Crippen LogP contribution in [0.4, 0.5) is 0 Å². The van der Waals surface area contributed by atoms with Crippen LogP contribution in [0.3, 0.4) is 0 Å². The monoisotopic (exact) mass is 280 g/mol. The number of guanidine groups is 1. The maximum Gasteiger partial charge on any atom is 0.191 e. The van der Waals surface area contributed by atoms with Gasteiger partial charge in [0.05, 0.1) is 0 Å². The van der Waals surface area contributed by atoms with Gasteiger partial charge in [-0.1, -0.05) is 6.92 Å². The third-order valence-electron chi connectivity index (χ3n) is 4.58. The highest BCUT2D eigenvalue weighted by molar-refractivity contribution is 5.78. The molecule has 0 aromatic heterocycles. The Morgan fingerprint density at radius 1 is 1.10 bits per heavy atom. The molecule has 2 rings (SSSR count). The number of piperidine rings is 2. The lowest BCUT2D eigenvalue weighted by molar-refractivity contribution is 0.181. The fraction of sp³-hybridized carbons (Fsp3) is 0.938. The molecule has 0 amide bonds. The maximum absolute atomic E-state index is 6.06. The molecule has 2 aliphatic rings. The van der Waals surface area contributed by atoms with Crippen molar-refractivity contribution in [2.75, 3.05) is 39.3 Å². The van der Waals surface area contributed by atoms with Gasteiger partial charge in [0, 0.05) is 26.2 Å². The Bertz CT molecular complexity index is 297. The number of hydrogen-bond donors (Lipinski definition) is 1. The average molecular weight is 280 g/mol. The van der Waals surface area contributed by atoms with E-state index in [0.29, 0.717) is 0 Å². The van der Waals surface area contributed by atoms with Crippen molar-refractivity contribution in [1.82, 2.24) is 9.80 Å². The van der Waals surface area contributed by atoms with Gasteiger partial charge in [0.25, 0.3) is 0 Å². The Morgan fingerprint density at radius 2 is 1.90 bits per heavy atom. The number of hydrogen-bond acceptors (Lipinski definition) is 2. The van der Waals surface area contributed by atoms with Crippen molar-refractivity contribution < 1.29 is 0 Å². The van der Waals surface area contributed by atoms with Crippen LogP contribution in [0.2, 0.25) is 0 Å². The quantitative estimate of drug-likeness (QED) is 0.477. The maximum atomic E-state index is 6.06. The molecule has 4 nitrogen and oxygen atoms in total. The Labute approximate surface area is 124 Å². The minimum atomic E-state index is 0.774. The normalized spacial score (nSPS) is 25.9. The standard InChI is InChI=1S/C16H32N4/c1-15-8-7-11-19(14-15)10-6-3-9-18-16(17)20-12-4-2-5-13-20/h15H,2-14H2,1H3,(H2,17,18). The first-order valence-corrected chi connectivity index (χ1v) is 8.53. The second kappa shape index (κ2) is 8.50. The lowest BCUT2D eigenvalue weighted by atomic mass is 10.0. The van der Waals surface area contributed by atoms with Crippen molar-refractivity contribution >= 4 is 5.96 Å². The van der Waals surface area contributed by atoms with Gasteiger partial charge < -0.3 is 15.5 Å². The van der Waals surface area contributed by atoms with Gasteiger partial charge in [0.1, 0.15) is 0 Å². The molecule has 2 fully saturated rings. The van der Waals surface area contributed by atoms with Crippen molar-refractivity contribution in [1.29, 1.82) is 0 Å². The van der Waals surface area contributed by atoms with E-state index >= 15 is 0 Å². The zero-order chi connectivity index (χ0) is 14.2. The van der Waals surface area contributed by atoms with Gasteiger partial charge in [-0.2, -0.15) is 0 Å². The fourth-order valence-electron chi connectivity index (χ4n) is 3.35. The van der Waals surface area contributed by atoms with Gasteiger partial charge in [0.15, 0.2) is 5.96 Å². The largest absolute Gasteiger partial charge is 0.370 e. The summed E-state index contributed by atoms with van der Waals surface area (Å²) in [4.78, 5) is 9.41. The Morgan fingerprint density at radius 3 is 2.65 bits per heavy atom. The van der Waals surface area contributed by atoms with E-state index in [9.17, 15) is 0 Å². The van der Waals surface area contributed by atoms with Gasteiger partial charge in [-0.25, -0.2) is 0 Å². The number of nitrogens with zero attached hydrogens (tertiary/aromatic N) is 3. The molecule has 0 saturated carbocycles. The summed E-state index contributed by atoms with van der Waals surface area (Å²) in [6.45, 7) is 9.29. The molecule has 0 aromatic rings. The molecule has 1 atom stereocenters. The van der Waals surface area contributed by atoms with Crippen LogP contribution >= 0.6 is 0 Å². The van der Waals surface area contributed by atoms with Gasteiger partial charge in [-0.05, 0) is 64.0 Å². The van der Waals surface area contributed by atoms with E-state index in [1.165, 1.54) is 64.6 Å². The van der Waals surface area contributed by atoms with Gasteiger partial charge in [-0.3, -0.25) is 4.99 Å². The molecule has 20 heavy (non-hydrogen) atoms. The van der Waals surface area contributed by atoms with Crippen molar-refractivity contribution in [3.05, 3.63) is 0 Å². The van der Waals surface area contributed by atoms with E-state index in [4.69, 9.17) is 5.73 Å². The van der Waals surface area contributed by atoms with E-state index in [0.717, 1.165) is 31.5 Å². The summed E-state index contributed by atoms with van der Waals surface area (Å²) >= 11 is 0. The highest BCUT2D eigenvalue weighted by Crippen LogP contribution is 2.15. The third-order valence-corrected chi connectivity index (χ3v) is 4.58. The second-order valence-corrected chi connectivity index (χ2v) is 6.54. The summed E-state index contributed by atoms with van der Waals surface area (Å²) in [5.41, 5.74) is 6.06. The molecule has 0 radical (unpaired) electrons. The molecular formula is C16H32N4. The van der Waals surface area contributed by atoms with Crippen molar-refractivity contribution in [2.24, 2.45) is 16.6 Å². The Kier molecular flexibility index (Phi) is 6.64. The minimum Gasteiger partial charge on any atom is -0.370 e. The number of nitrogens with two attached hydrogens (primary N) is 1. The van der Waals surface area contributed by atoms with E-state index in [1.54, 1.807) is 0 Å². The summed E-state index contributed by atoms with van der Waals surface area (Å²) in [5.74, 6) is 1.66. The summed E-state index contributed by atoms with van der Waals surface area (Å²) in [5, 5.41) is 0. The predicted molar refractivity (Wildman–Crippen MR) is 86.0 cm³/mol. The van der Waals surface area contributed by atoms with E-state index < -0.39 is 0 Å². The lowest BCUT2D eigenvalue weighted by Crippen LogP contribution is -2.41. The summed E-state index contributed by atoms with van der Waals surface area (Å²) in [6.07, 6.45) is 9.09. The lowest BCUT2D eigenvalue weighted by Gasteiger charge is -2.30. The van der Waals surface area contributed by atoms with Gasteiger partial charge in [-0.15, -0.1) is 0 Å². The first-order valence-electron chi connectivity index (χ1n) is 8.53. The summed E-state index contributed by atoms with van der Waals surface area (Å²) in [6, 6.07) is 0. The minimum absolute atomic E-state index is 0.774. The van der Waals surface area contributed by atoms with Crippen LogP contribution in [-0.2, 0) is 0 Å². The highest BCUT2D eigenvalue weighted by atomic mass is 15.2. The molecule has 2 aliphatic heterocycles. The van der Waals surface area contributed by atoms with Crippen molar-refractivity contribution in [3.63, 3.8) is 0 Å². The first kappa shape index (κ1) is 15.6. The van der Waals surface area contributed by atoms with Crippen LogP contribution in [0.25, 0.3) is 0 Å². The molecule has 2 heterocycles. The molecule has 0 spiro atoms. The average Bonchev–Trinajstić information content (AvgIpc) is 2.48. The molecule has 1 unspecified atom stereocenters. The Hall–Kier alpha value is -0.770. The fourth-order valence-corrected chi connectivity index (χ4v) is 3.35. The van der Waals surface area contributed by atoms with Crippen molar-refractivity contribution in [2.45, 2.75) is 51.9 Å². The first-order chi connectivity index (χ1) is 9.75. The highest BCUT2D eigenvalue weighted by Gasteiger charge is 2.15. The predicted octanol–water partition coefficient (Wildman–Crippen LogP) is 2.30. The molecule has 2 saturated heterocycles. The molecule has 0 aromatic carbocycles. The van der Waals surface area contributed by atoms with Gasteiger partial charge >= 0.3 is 0 Å². The van der Waals surface area contributed by atoms with Crippen LogP contribution in [-0.4, -0.2) is 55.0 Å². The van der Waals surface area contributed by atoms with E-state index in [1.807, 2.05) is 0 Å². The molecular weight excluding hydrogens is 248 g/mol. The Balaban J connectivity index is 1.56. The molecule has 4 heteroatoms. The zero-order valence-corrected chi connectivity index (χ0v) is 13.2. The number of unbranched alkanes of at least 4 members (excludes halogenated alkanes) is 1. The van der Waals surface area contributed by atoms with Crippen LogP contribution in [0.15, 0.2) is 4.99 Å². The van der Waals surface area contributed by atoms with Crippen LogP contribution in [0, 0.1) is 5.92 Å². The summed E-state index contributed by atoms with van der Waals surface area (Å²) in [7, 11) is 0. The number of likely N-dealkylation sites (tertiary alicyclic amines) is 2. The van der Waals surface area contributed by atoms with E-state index in [2.05, 4.69) is 21.7 Å². The molecule has 2 N–H and O–H groups in total. The molecule has 0 aliphatic carbocycles. The second-order valence-electron chi connectivity index (χ2n) is 6.54. The molecule has 0 bridgehead atoms. The SMILES string of the molecule is CC1CCCN(CCCCN=C(N)N2CCCCC2)C1. The van der Waals surface area contributed by atoms with Crippen LogP contribution in [0.5, 0.6) is 0 Å². The molecule has 116 valence electrons. The summed E-state index contributed by atoms with van der Waals surface area (Å²) < 4.78 is 0. The number of aliphatic imine (C=N–C) groups is 1. The van der Waals surface area contributed by atoms with Crippen LogP contribution in [0.1, 0.15) is 51.9 Å². The number of rotatable bonds is 5. The van der Waals surface area contributed by atoms with Crippen LogP contribution < -0.4 is 5.73 Å². The zero-order valence-electron chi connectivity index (χ0n) is 13.2. The van der Waals surface area contributed by atoms with E-state index in [-0.39, 0.29) is 0 Å². The van der Waals surface area contributed by atoms with Gasteiger partial charge in [0.2, 0.25) is 0 Å².